The number of rotatable bonds is 4. The molecule has 0 aliphatic carbocycles. The molecule has 1 N–H and O–H groups in total. The van der Waals surface area contributed by atoms with Gasteiger partial charge in [0.25, 0.3) is 0 Å². The van der Waals surface area contributed by atoms with E-state index >= 15 is 0 Å². The summed E-state index contributed by atoms with van der Waals surface area (Å²) in [6.45, 7) is 0. The van der Waals surface area contributed by atoms with Crippen LogP contribution in [-0.4, -0.2) is 20.6 Å². The zero-order chi connectivity index (χ0) is 9.84. The molecule has 0 aromatic carbocycles. The highest BCUT2D eigenvalue weighted by Crippen LogP contribution is 2.14. The maximum Gasteiger partial charge on any atom is 0.303 e. The Hall–Kier alpha value is -1.03. The third-order valence-corrected chi connectivity index (χ3v) is 2.13. The second kappa shape index (κ2) is 4.28. The van der Waals surface area contributed by atoms with E-state index in [4.69, 9.17) is 16.7 Å². The summed E-state index contributed by atoms with van der Waals surface area (Å²) < 4.78 is 1.81. The summed E-state index contributed by atoms with van der Waals surface area (Å²) in [5, 5.41) is 8.89. The van der Waals surface area contributed by atoms with Crippen LogP contribution < -0.4 is 0 Å². The average molecular weight is 203 g/mol. The maximum absolute atomic E-state index is 10.2. The van der Waals surface area contributed by atoms with Gasteiger partial charge in [0.2, 0.25) is 0 Å². The van der Waals surface area contributed by atoms with E-state index in [1.165, 1.54) is 0 Å². The van der Waals surface area contributed by atoms with E-state index in [1.54, 1.807) is 6.33 Å². The highest BCUT2D eigenvalue weighted by atomic mass is 35.5. The van der Waals surface area contributed by atoms with Crippen LogP contribution in [0.5, 0.6) is 0 Å². The van der Waals surface area contributed by atoms with Gasteiger partial charge in [-0.2, -0.15) is 0 Å². The van der Waals surface area contributed by atoms with Gasteiger partial charge in [-0.05, 0) is 12.8 Å². The monoisotopic (exact) mass is 202 g/mol. The molecule has 0 saturated heterocycles. The predicted molar refractivity (Wildman–Crippen MR) is 48.8 cm³/mol. The van der Waals surface area contributed by atoms with Crippen LogP contribution in [0, 0.1) is 0 Å². The fraction of sp³-hybridized carbons (Fsp3) is 0.500. The zero-order valence-corrected chi connectivity index (χ0v) is 8.08. The third kappa shape index (κ3) is 2.73. The Bertz CT molecular complexity index is 290. The largest absolute Gasteiger partial charge is 0.481 e. The lowest BCUT2D eigenvalue weighted by Gasteiger charge is -2.00. The average Bonchev–Trinajstić information content (AvgIpc) is 2.34. The van der Waals surface area contributed by atoms with Gasteiger partial charge in [-0.3, -0.25) is 4.79 Å². The van der Waals surface area contributed by atoms with E-state index in [2.05, 4.69) is 4.98 Å². The number of carboxylic acids is 1. The Labute approximate surface area is 81.2 Å². The van der Waals surface area contributed by atoms with Gasteiger partial charge in [0.15, 0.2) is 0 Å². The van der Waals surface area contributed by atoms with Crippen LogP contribution in [0.25, 0.3) is 0 Å². The van der Waals surface area contributed by atoms with Gasteiger partial charge in [0.05, 0.1) is 12.0 Å². The molecule has 4 nitrogen and oxygen atoms in total. The highest BCUT2D eigenvalue weighted by Gasteiger charge is 2.06. The maximum atomic E-state index is 10.2. The van der Waals surface area contributed by atoms with Crippen molar-refractivity contribution in [3.05, 3.63) is 17.2 Å². The number of nitrogens with zero attached hydrogens (tertiary/aromatic N) is 2. The van der Waals surface area contributed by atoms with Crippen LogP contribution in [0.2, 0.25) is 5.15 Å². The number of imidazole rings is 1. The van der Waals surface area contributed by atoms with Crippen molar-refractivity contribution >= 4 is 17.6 Å². The normalized spacial score (nSPS) is 10.3. The Morgan fingerprint density at radius 3 is 2.92 bits per heavy atom. The molecule has 1 rings (SSSR count). The van der Waals surface area contributed by atoms with E-state index < -0.39 is 5.97 Å². The summed E-state index contributed by atoms with van der Waals surface area (Å²) in [5.74, 6) is -0.779. The molecule has 0 amide bonds. The Morgan fingerprint density at radius 1 is 1.77 bits per heavy atom. The minimum atomic E-state index is -0.779. The van der Waals surface area contributed by atoms with E-state index in [0.29, 0.717) is 18.0 Å². The summed E-state index contributed by atoms with van der Waals surface area (Å²) in [6.07, 6.45) is 3.04. The second-order valence-corrected chi connectivity index (χ2v) is 3.20. The van der Waals surface area contributed by atoms with Crippen LogP contribution in [0.1, 0.15) is 18.5 Å². The first-order valence-electron chi connectivity index (χ1n) is 3.98. The van der Waals surface area contributed by atoms with E-state index in [-0.39, 0.29) is 6.42 Å². The van der Waals surface area contributed by atoms with E-state index in [1.807, 2.05) is 11.6 Å². The van der Waals surface area contributed by atoms with Gasteiger partial charge < -0.3 is 9.67 Å². The molecule has 72 valence electrons. The number of aryl methyl sites for hydroxylation is 1. The summed E-state index contributed by atoms with van der Waals surface area (Å²) >= 11 is 5.78. The Kier molecular flexibility index (Phi) is 3.31. The van der Waals surface area contributed by atoms with Crippen molar-refractivity contribution in [2.45, 2.75) is 19.3 Å². The number of carbonyl (C=O) groups is 1. The number of carboxylic acid groups (broad SMARTS) is 1. The molecule has 5 heteroatoms. The first-order valence-corrected chi connectivity index (χ1v) is 4.36. The van der Waals surface area contributed by atoms with Gasteiger partial charge in [0, 0.05) is 13.5 Å². The lowest BCUT2D eigenvalue weighted by molar-refractivity contribution is -0.137. The molecule has 1 heterocycles. The van der Waals surface area contributed by atoms with Crippen molar-refractivity contribution < 1.29 is 9.90 Å². The van der Waals surface area contributed by atoms with E-state index in [9.17, 15) is 4.79 Å². The molecule has 0 aliphatic heterocycles. The molecule has 0 unspecified atom stereocenters. The third-order valence-electron chi connectivity index (χ3n) is 1.81. The molecule has 0 spiro atoms. The first kappa shape index (κ1) is 10.1. The number of aliphatic carboxylic acids is 1. The molecule has 0 radical (unpaired) electrons. The number of hydrogen-bond acceptors (Lipinski definition) is 2. The topological polar surface area (TPSA) is 55.1 Å². The SMILES string of the molecule is Cn1cnc(Cl)c1CCCC(=O)O. The fourth-order valence-corrected chi connectivity index (χ4v) is 1.39. The predicted octanol–water partition coefficient (Wildman–Crippen LogP) is 1.48. The standard InChI is InChI=1S/C8H11ClN2O2/c1-11-5-10-8(9)6(11)3-2-4-7(12)13/h5H,2-4H2,1H3,(H,12,13). The molecule has 1 aromatic rings. The van der Waals surface area contributed by atoms with Crippen molar-refractivity contribution in [2.24, 2.45) is 7.05 Å². The number of aromatic nitrogens is 2. The van der Waals surface area contributed by atoms with Crippen molar-refractivity contribution in [1.82, 2.24) is 9.55 Å². The summed E-state index contributed by atoms with van der Waals surface area (Å²) in [4.78, 5) is 14.1. The zero-order valence-electron chi connectivity index (χ0n) is 7.33. The Balaban J connectivity index is 2.49. The van der Waals surface area contributed by atoms with Crippen molar-refractivity contribution in [3.63, 3.8) is 0 Å². The smallest absolute Gasteiger partial charge is 0.303 e. The molecular weight excluding hydrogens is 192 g/mol. The molecule has 0 aliphatic rings. The Morgan fingerprint density at radius 2 is 2.46 bits per heavy atom. The van der Waals surface area contributed by atoms with Crippen LogP contribution in [-0.2, 0) is 18.3 Å². The number of hydrogen-bond donors (Lipinski definition) is 1. The van der Waals surface area contributed by atoms with Crippen LogP contribution in [0.3, 0.4) is 0 Å². The molecule has 0 atom stereocenters. The van der Waals surface area contributed by atoms with Gasteiger partial charge in [-0.25, -0.2) is 4.98 Å². The fourth-order valence-electron chi connectivity index (χ4n) is 1.11. The van der Waals surface area contributed by atoms with Gasteiger partial charge in [0.1, 0.15) is 5.15 Å². The highest BCUT2D eigenvalue weighted by molar-refractivity contribution is 6.30. The lowest BCUT2D eigenvalue weighted by atomic mass is 10.2. The van der Waals surface area contributed by atoms with Crippen molar-refractivity contribution in [3.8, 4) is 0 Å². The van der Waals surface area contributed by atoms with Gasteiger partial charge >= 0.3 is 5.97 Å². The molecule has 0 fully saturated rings. The quantitative estimate of drug-likeness (QED) is 0.805. The molecule has 13 heavy (non-hydrogen) atoms. The number of halogens is 1. The minimum Gasteiger partial charge on any atom is -0.481 e. The van der Waals surface area contributed by atoms with Crippen LogP contribution >= 0.6 is 11.6 Å². The van der Waals surface area contributed by atoms with Gasteiger partial charge in [-0.1, -0.05) is 11.6 Å². The first-order chi connectivity index (χ1) is 6.11. The van der Waals surface area contributed by atoms with Crippen molar-refractivity contribution in [1.29, 1.82) is 0 Å². The van der Waals surface area contributed by atoms with Gasteiger partial charge in [-0.15, -0.1) is 0 Å². The second-order valence-electron chi connectivity index (χ2n) is 2.84. The van der Waals surface area contributed by atoms with Crippen LogP contribution in [0.4, 0.5) is 0 Å². The summed E-state index contributed by atoms with van der Waals surface area (Å²) in [5.41, 5.74) is 0.892. The summed E-state index contributed by atoms with van der Waals surface area (Å²) in [7, 11) is 1.84. The molecule has 0 saturated carbocycles. The van der Waals surface area contributed by atoms with E-state index in [0.717, 1.165) is 5.69 Å². The molecule has 1 aromatic heterocycles. The molecule has 0 bridgehead atoms. The van der Waals surface area contributed by atoms with Crippen LogP contribution in [0.15, 0.2) is 6.33 Å². The minimum absolute atomic E-state index is 0.168. The molecular formula is C8H11ClN2O2. The summed E-state index contributed by atoms with van der Waals surface area (Å²) in [6, 6.07) is 0. The van der Waals surface area contributed by atoms with Crippen molar-refractivity contribution in [2.75, 3.05) is 0 Å². The lowest BCUT2D eigenvalue weighted by Crippen LogP contribution is -1.99.